The zero-order valence-electron chi connectivity index (χ0n) is 16.3. The number of hydrogen-bond acceptors (Lipinski definition) is 5. The first kappa shape index (κ1) is 20.4. The Bertz CT molecular complexity index is 794. The topological polar surface area (TPSA) is 70.7 Å². The molecule has 1 aromatic carbocycles. The van der Waals surface area contributed by atoms with Crippen LogP contribution in [0.15, 0.2) is 41.1 Å². The van der Waals surface area contributed by atoms with E-state index in [4.69, 9.17) is 4.74 Å². The molecule has 2 atom stereocenters. The smallest absolute Gasteiger partial charge is 0.252 e. The Morgan fingerprint density at radius 2 is 2.04 bits per heavy atom. The van der Waals surface area contributed by atoms with Crippen LogP contribution < -0.4 is 15.4 Å². The van der Waals surface area contributed by atoms with Crippen LogP contribution in [0.1, 0.15) is 35.2 Å². The maximum Gasteiger partial charge on any atom is 0.252 e. The van der Waals surface area contributed by atoms with Crippen molar-refractivity contribution in [2.75, 3.05) is 20.7 Å². The maximum absolute atomic E-state index is 12.4. The van der Waals surface area contributed by atoms with E-state index < -0.39 is 0 Å². The minimum atomic E-state index is -0.0332. The van der Waals surface area contributed by atoms with Crippen LogP contribution in [0, 0.1) is 0 Å². The second-order valence-corrected chi connectivity index (χ2v) is 7.88. The van der Waals surface area contributed by atoms with Gasteiger partial charge in [0.1, 0.15) is 5.75 Å². The van der Waals surface area contributed by atoms with Gasteiger partial charge in [0.25, 0.3) is 5.91 Å². The molecule has 2 heterocycles. The molecule has 1 saturated heterocycles. The average Bonchev–Trinajstić information content (AvgIpc) is 3.36. The summed E-state index contributed by atoms with van der Waals surface area (Å²) in [6.45, 7) is 1.10. The van der Waals surface area contributed by atoms with Crippen LogP contribution in [-0.4, -0.2) is 49.5 Å². The standard InChI is InChI=1S/C21H27N3O3S/c1-24-17(6-7-18(24)13-23-21(26)16-8-9-28-14-16)11-20(25)22-12-15-4-3-5-19(10-15)27-2/h3-5,8-10,14,17-18H,6-7,11-13H2,1-2H3,(H,22,25)(H,23,26)/t17-,18+/m1/s1. The van der Waals surface area contributed by atoms with Crippen LogP contribution in [0.25, 0.3) is 0 Å². The minimum Gasteiger partial charge on any atom is -0.497 e. The summed E-state index contributed by atoms with van der Waals surface area (Å²) < 4.78 is 5.21. The zero-order chi connectivity index (χ0) is 19.9. The maximum atomic E-state index is 12.4. The lowest BCUT2D eigenvalue weighted by atomic mass is 10.1. The second-order valence-electron chi connectivity index (χ2n) is 7.10. The van der Waals surface area contributed by atoms with Crippen molar-refractivity contribution in [3.8, 4) is 5.75 Å². The molecule has 0 spiro atoms. The highest BCUT2D eigenvalue weighted by atomic mass is 32.1. The van der Waals surface area contributed by atoms with Crippen molar-refractivity contribution < 1.29 is 14.3 Å². The molecule has 0 unspecified atom stereocenters. The first-order valence-corrected chi connectivity index (χ1v) is 10.4. The molecule has 28 heavy (non-hydrogen) atoms. The van der Waals surface area contributed by atoms with E-state index in [1.165, 1.54) is 11.3 Å². The molecule has 3 rings (SSSR count). The Balaban J connectivity index is 1.42. The Kier molecular flexibility index (Phi) is 7.06. The minimum absolute atomic E-state index is 0.0332. The van der Waals surface area contributed by atoms with Gasteiger partial charge in [-0.15, -0.1) is 0 Å². The first-order chi connectivity index (χ1) is 13.6. The molecule has 0 bridgehead atoms. The fourth-order valence-corrected chi connectivity index (χ4v) is 4.19. The van der Waals surface area contributed by atoms with Crippen LogP contribution in [0.4, 0.5) is 0 Å². The van der Waals surface area contributed by atoms with Crippen molar-refractivity contribution in [2.45, 2.75) is 37.9 Å². The SMILES string of the molecule is COc1cccc(CNC(=O)C[C@H]2CC[C@@H](CNC(=O)c3ccsc3)N2C)c1. The number of carbonyl (C=O) groups is 2. The monoisotopic (exact) mass is 401 g/mol. The van der Waals surface area contributed by atoms with Gasteiger partial charge in [0.2, 0.25) is 5.91 Å². The zero-order valence-corrected chi connectivity index (χ0v) is 17.1. The average molecular weight is 402 g/mol. The van der Waals surface area contributed by atoms with Crippen molar-refractivity contribution >= 4 is 23.2 Å². The molecule has 1 aromatic heterocycles. The molecule has 0 aliphatic carbocycles. The number of likely N-dealkylation sites (tertiary alicyclic amines) is 1. The van der Waals surface area contributed by atoms with Crippen LogP contribution in [0.2, 0.25) is 0 Å². The number of amides is 2. The van der Waals surface area contributed by atoms with E-state index >= 15 is 0 Å². The predicted molar refractivity (Wildman–Crippen MR) is 111 cm³/mol. The lowest BCUT2D eigenvalue weighted by molar-refractivity contribution is -0.122. The largest absolute Gasteiger partial charge is 0.497 e. The lowest BCUT2D eigenvalue weighted by Crippen LogP contribution is -2.42. The fourth-order valence-electron chi connectivity index (χ4n) is 3.56. The highest BCUT2D eigenvalue weighted by Crippen LogP contribution is 2.24. The molecule has 1 aliphatic rings. The predicted octanol–water partition coefficient (Wildman–Crippen LogP) is 2.66. The summed E-state index contributed by atoms with van der Waals surface area (Å²) in [5.41, 5.74) is 1.72. The number of hydrogen-bond donors (Lipinski definition) is 2. The Labute approximate surface area is 169 Å². The third-order valence-electron chi connectivity index (χ3n) is 5.31. The Morgan fingerprint density at radius 3 is 2.79 bits per heavy atom. The van der Waals surface area contributed by atoms with Crippen molar-refractivity contribution in [3.05, 3.63) is 52.2 Å². The van der Waals surface area contributed by atoms with Gasteiger partial charge in [-0.2, -0.15) is 11.3 Å². The molecule has 2 aromatic rings. The molecular formula is C21H27N3O3S. The number of likely N-dealkylation sites (N-methyl/N-ethyl adjacent to an activating group) is 1. The molecule has 7 heteroatoms. The van der Waals surface area contributed by atoms with Crippen LogP contribution in [0.3, 0.4) is 0 Å². The third kappa shape index (κ3) is 5.33. The Morgan fingerprint density at radius 1 is 1.21 bits per heavy atom. The number of nitrogens with zero attached hydrogens (tertiary/aromatic N) is 1. The molecule has 0 radical (unpaired) electrons. The van der Waals surface area contributed by atoms with Gasteiger partial charge in [0.05, 0.1) is 7.11 Å². The molecule has 2 amide bonds. The molecular weight excluding hydrogens is 374 g/mol. The normalized spacial score (nSPS) is 19.4. The van der Waals surface area contributed by atoms with Gasteiger partial charge in [0, 0.05) is 42.5 Å². The van der Waals surface area contributed by atoms with Gasteiger partial charge in [-0.3, -0.25) is 14.5 Å². The van der Waals surface area contributed by atoms with Crippen molar-refractivity contribution in [1.82, 2.24) is 15.5 Å². The summed E-state index contributed by atoms with van der Waals surface area (Å²) in [6.07, 6.45) is 2.41. The quantitative estimate of drug-likeness (QED) is 0.713. The summed E-state index contributed by atoms with van der Waals surface area (Å²) in [5.74, 6) is 0.798. The number of carbonyl (C=O) groups excluding carboxylic acids is 2. The number of rotatable bonds is 8. The van der Waals surface area contributed by atoms with Crippen molar-refractivity contribution in [2.24, 2.45) is 0 Å². The lowest BCUT2D eigenvalue weighted by Gasteiger charge is -2.25. The van der Waals surface area contributed by atoms with Crippen LogP contribution >= 0.6 is 11.3 Å². The van der Waals surface area contributed by atoms with E-state index in [0.29, 0.717) is 25.1 Å². The third-order valence-corrected chi connectivity index (χ3v) is 5.99. The van der Waals surface area contributed by atoms with E-state index in [1.54, 1.807) is 7.11 Å². The van der Waals surface area contributed by atoms with Gasteiger partial charge in [-0.1, -0.05) is 12.1 Å². The van der Waals surface area contributed by atoms with Gasteiger partial charge in [0.15, 0.2) is 0 Å². The van der Waals surface area contributed by atoms with Gasteiger partial charge < -0.3 is 15.4 Å². The van der Waals surface area contributed by atoms with Crippen LogP contribution in [-0.2, 0) is 11.3 Å². The summed E-state index contributed by atoms with van der Waals surface area (Å²) in [5, 5.41) is 9.74. The summed E-state index contributed by atoms with van der Waals surface area (Å²) in [7, 11) is 3.67. The van der Waals surface area contributed by atoms with Gasteiger partial charge in [-0.05, 0) is 49.0 Å². The summed E-state index contributed by atoms with van der Waals surface area (Å²) >= 11 is 1.52. The van der Waals surface area contributed by atoms with Gasteiger partial charge in [-0.25, -0.2) is 0 Å². The van der Waals surface area contributed by atoms with Crippen LogP contribution in [0.5, 0.6) is 5.75 Å². The molecule has 1 fully saturated rings. The molecule has 150 valence electrons. The molecule has 2 N–H and O–H groups in total. The Hall–Kier alpha value is -2.38. The molecule has 1 aliphatic heterocycles. The summed E-state index contributed by atoms with van der Waals surface area (Å²) in [4.78, 5) is 26.7. The molecule has 0 saturated carbocycles. The highest BCUT2D eigenvalue weighted by Gasteiger charge is 2.31. The van der Waals surface area contributed by atoms with E-state index in [9.17, 15) is 9.59 Å². The first-order valence-electron chi connectivity index (χ1n) is 9.48. The van der Waals surface area contributed by atoms with E-state index in [1.807, 2.05) is 48.1 Å². The second kappa shape index (κ2) is 9.71. The van der Waals surface area contributed by atoms with E-state index in [-0.39, 0.29) is 23.9 Å². The number of thiophene rings is 1. The number of ether oxygens (including phenoxy) is 1. The van der Waals surface area contributed by atoms with Crippen molar-refractivity contribution in [3.63, 3.8) is 0 Å². The van der Waals surface area contributed by atoms with Gasteiger partial charge >= 0.3 is 0 Å². The van der Waals surface area contributed by atoms with Crippen molar-refractivity contribution in [1.29, 1.82) is 0 Å². The van der Waals surface area contributed by atoms with E-state index in [0.717, 1.165) is 24.2 Å². The number of methoxy groups -OCH3 is 1. The number of benzene rings is 1. The fraction of sp³-hybridized carbons (Fsp3) is 0.429. The molecule has 6 nitrogen and oxygen atoms in total. The highest BCUT2D eigenvalue weighted by molar-refractivity contribution is 7.08. The summed E-state index contributed by atoms with van der Waals surface area (Å²) in [6, 6.07) is 9.99. The van der Waals surface area contributed by atoms with E-state index in [2.05, 4.69) is 15.5 Å². The number of nitrogens with one attached hydrogen (secondary N) is 2.